The first-order valence-electron chi connectivity index (χ1n) is 9.73. The van der Waals surface area contributed by atoms with Crippen molar-refractivity contribution < 1.29 is 18.4 Å². The van der Waals surface area contributed by atoms with Crippen LogP contribution in [0.2, 0.25) is 0 Å². The molecule has 0 atom stereocenters. The van der Waals surface area contributed by atoms with Crippen LogP contribution in [0, 0.1) is 12.7 Å². The van der Waals surface area contributed by atoms with Crippen LogP contribution in [0.5, 0.6) is 11.6 Å². The number of carbonyl (C=O) groups is 1. The number of nitrogens with zero attached hydrogens (tertiary/aromatic N) is 3. The fraction of sp³-hybridized carbons (Fsp3) is 0.130. The van der Waals surface area contributed by atoms with Gasteiger partial charge >= 0.3 is 0 Å². The molecule has 1 aromatic carbocycles. The van der Waals surface area contributed by atoms with Gasteiger partial charge in [-0.25, -0.2) is 14.4 Å². The van der Waals surface area contributed by atoms with Crippen molar-refractivity contribution in [3.63, 3.8) is 0 Å². The van der Waals surface area contributed by atoms with Gasteiger partial charge in [-0.2, -0.15) is 0 Å². The molecule has 0 radical (unpaired) electrons. The Hall–Kier alpha value is -3.72. The van der Waals surface area contributed by atoms with E-state index < -0.39 is 0 Å². The van der Waals surface area contributed by atoms with Crippen molar-refractivity contribution in [2.45, 2.75) is 24.2 Å². The minimum atomic E-state index is -0.383. The normalized spacial score (nSPS) is 10.7. The molecule has 7 nitrogen and oxygen atoms in total. The third-order valence-corrected chi connectivity index (χ3v) is 5.36. The first kappa shape index (κ1) is 21.5. The number of nitrogens with one attached hydrogen (secondary N) is 1. The molecule has 0 bridgehead atoms. The van der Waals surface area contributed by atoms with Crippen LogP contribution in [0.1, 0.15) is 27.4 Å². The summed E-state index contributed by atoms with van der Waals surface area (Å²) in [4.78, 5) is 21.2. The third kappa shape index (κ3) is 5.70. The minimum Gasteiger partial charge on any atom is -0.439 e. The number of benzene rings is 1. The van der Waals surface area contributed by atoms with Gasteiger partial charge in [-0.3, -0.25) is 4.79 Å². The lowest BCUT2D eigenvalue weighted by molar-refractivity contribution is 0.0947. The first-order valence-corrected chi connectivity index (χ1v) is 10.7. The van der Waals surface area contributed by atoms with Gasteiger partial charge in [0.1, 0.15) is 22.4 Å². The molecule has 0 saturated heterocycles. The highest BCUT2D eigenvalue weighted by molar-refractivity contribution is 7.98. The molecule has 3 aromatic heterocycles. The van der Waals surface area contributed by atoms with E-state index in [9.17, 15) is 9.18 Å². The van der Waals surface area contributed by atoms with Crippen LogP contribution >= 0.6 is 11.8 Å². The van der Waals surface area contributed by atoms with E-state index in [0.29, 0.717) is 28.0 Å². The fourth-order valence-electron chi connectivity index (χ4n) is 2.81. The molecule has 32 heavy (non-hydrogen) atoms. The van der Waals surface area contributed by atoms with E-state index >= 15 is 0 Å². The average Bonchev–Trinajstić information content (AvgIpc) is 3.22. The van der Waals surface area contributed by atoms with Gasteiger partial charge in [0.25, 0.3) is 5.91 Å². The summed E-state index contributed by atoms with van der Waals surface area (Å²) in [6.07, 6.45) is 3.25. The van der Waals surface area contributed by atoms with Crippen LogP contribution in [0.25, 0.3) is 0 Å². The van der Waals surface area contributed by atoms with Gasteiger partial charge in [0.2, 0.25) is 5.88 Å². The van der Waals surface area contributed by atoms with Crippen molar-refractivity contribution in [3.05, 3.63) is 95.4 Å². The molecular formula is C23H19FN4O3S. The Morgan fingerprint density at radius 3 is 2.81 bits per heavy atom. The molecule has 0 unspecified atom stereocenters. The first-order chi connectivity index (χ1) is 15.6. The molecule has 0 aliphatic heterocycles. The summed E-state index contributed by atoms with van der Waals surface area (Å²) in [5.74, 6) is 1.36. The van der Waals surface area contributed by atoms with E-state index in [1.807, 2.05) is 13.0 Å². The van der Waals surface area contributed by atoms with Crippen molar-refractivity contribution in [1.29, 1.82) is 0 Å². The van der Waals surface area contributed by atoms with Crippen molar-refractivity contribution in [1.82, 2.24) is 20.4 Å². The summed E-state index contributed by atoms with van der Waals surface area (Å²) in [7, 11) is 0. The summed E-state index contributed by atoms with van der Waals surface area (Å²) in [6.45, 7) is 2.11. The van der Waals surface area contributed by atoms with Crippen molar-refractivity contribution in [3.8, 4) is 11.6 Å². The number of aromatic nitrogens is 3. The lowest BCUT2D eigenvalue weighted by Gasteiger charge is -2.09. The summed E-state index contributed by atoms with van der Waals surface area (Å²) in [5.41, 5.74) is 2.06. The molecule has 0 fully saturated rings. The second-order valence-corrected chi connectivity index (χ2v) is 7.78. The van der Waals surface area contributed by atoms with Gasteiger partial charge in [-0.15, -0.1) is 0 Å². The van der Waals surface area contributed by atoms with Crippen LogP contribution in [0.4, 0.5) is 4.39 Å². The molecule has 9 heteroatoms. The van der Waals surface area contributed by atoms with Crippen molar-refractivity contribution in [2.75, 3.05) is 0 Å². The second-order valence-electron chi connectivity index (χ2n) is 6.82. The quantitative estimate of drug-likeness (QED) is 0.381. The number of carbonyl (C=O) groups excluding carboxylic acids is 1. The summed E-state index contributed by atoms with van der Waals surface area (Å²) < 4.78 is 23.9. The zero-order valence-electron chi connectivity index (χ0n) is 17.1. The molecule has 1 amide bonds. The van der Waals surface area contributed by atoms with Crippen molar-refractivity contribution in [2.24, 2.45) is 0 Å². The van der Waals surface area contributed by atoms with Gasteiger partial charge in [0.05, 0.1) is 11.3 Å². The second kappa shape index (κ2) is 10.1. The van der Waals surface area contributed by atoms with E-state index in [2.05, 4.69) is 20.4 Å². The molecule has 0 spiro atoms. The lowest BCUT2D eigenvalue weighted by Crippen LogP contribution is -2.23. The maximum atomic E-state index is 13.3. The Kier molecular flexibility index (Phi) is 6.76. The van der Waals surface area contributed by atoms with E-state index in [1.165, 1.54) is 23.9 Å². The fourth-order valence-corrected chi connectivity index (χ4v) is 3.68. The topological polar surface area (TPSA) is 90.1 Å². The molecule has 4 aromatic rings. The maximum Gasteiger partial charge on any atom is 0.254 e. The maximum absolute atomic E-state index is 13.3. The highest BCUT2D eigenvalue weighted by atomic mass is 32.2. The number of thioether (sulfide) groups is 1. The minimum absolute atomic E-state index is 0.239. The monoisotopic (exact) mass is 450 g/mol. The molecular weight excluding hydrogens is 431 g/mol. The number of pyridine rings is 2. The van der Waals surface area contributed by atoms with E-state index in [-0.39, 0.29) is 18.3 Å². The highest BCUT2D eigenvalue weighted by Crippen LogP contribution is 2.24. The number of halogens is 1. The zero-order valence-corrected chi connectivity index (χ0v) is 17.9. The molecule has 0 aliphatic rings. The predicted molar refractivity (Wildman–Crippen MR) is 117 cm³/mol. The van der Waals surface area contributed by atoms with Gasteiger partial charge in [0.15, 0.2) is 0 Å². The van der Waals surface area contributed by atoms with E-state index in [4.69, 9.17) is 9.26 Å². The largest absolute Gasteiger partial charge is 0.439 e. The van der Waals surface area contributed by atoms with Gasteiger partial charge < -0.3 is 14.6 Å². The predicted octanol–water partition coefficient (Wildman–Crippen LogP) is 4.93. The number of rotatable bonds is 8. The van der Waals surface area contributed by atoms with Gasteiger partial charge in [0, 0.05) is 42.9 Å². The average molecular weight is 450 g/mol. The van der Waals surface area contributed by atoms with Gasteiger partial charge in [-0.1, -0.05) is 29.1 Å². The standard InChI is InChI=1S/C23H19FN4O3S/c1-15-10-18(28-31-15)14-32-23-20(6-3-9-25-23)22(29)27-13-16-7-8-21(26-12-16)30-19-5-2-4-17(24)11-19/h2-12H,13-14H2,1H3,(H,27,29). The number of amides is 1. The molecule has 4 rings (SSSR count). The Morgan fingerprint density at radius 1 is 1.16 bits per heavy atom. The van der Waals surface area contributed by atoms with E-state index in [0.717, 1.165) is 17.0 Å². The SMILES string of the molecule is Cc1cc(CSc2ncccc2C(=O)NCc2ccc(Oc3cccc(F)c3)nc2)no1. The summed E-state index contributed by atoms with van der Waals surface area (Å²) in [5, 5.41) is 7.45. The molecule has 3 heterocycles. The smallest absolute Gasteiger partial charge is 0.254 e. The van der Waals surface area contributed by atoms with Crippen LogP contribution in [0.15, 0.2) is 76.5 Å². The summed E-state index contributed by atoms with van der Waals surface area (Å²) >= 11 is 1.42. The van der Waals surface area contributed by atoms with Crippen LogP contribution in [0.3, 0.4) is 0 Å². The Bertz CT molecular complexity index is 1210. The Labute approximate surface area is 188 Å². The van der Waals surface area contributed by atoms with Crippen molar-refractivity contribution >= 4 is 17.7 Å². The Balaban J connectivity index is 1.34. The van der Waals surface area contributed by atoms with Crippen LogP contribution < -0.4 is 10.1 Å². The zero-order chi connectivity index (χ0) is 22.3. The molecule has 0 saturated carbocycles. The Morgan fingerprint density at radius 2 is 2.06 bits per heavy atom. The molecule has 1 N–H and O–H groups in total. The number of hydrogen-bond acceptors (Lipinski definition) is 7. The summed E-state index contributed by atoms with van der Waals surface area (Å²) in [6, 6.07) is 14.6. The number of ether oxygens (including phenoxy) is 1. The highest BCUT2D eigenvalue weighted by Gasteiger charge is 2.14. The molecule has 0 aliphatic carbocycles. The number of aryl methyl sites for hydroxylation is 1. The van der Waals surface area contributed by atoms with Crippen LogP contribution in [-0.2, 0) is 12.3 Å². The number of hydrogen-bond donors (Lipinski definition) is 1. The van der Waals surface area contributed by atoms with Gasteiger partial charge in [-0.05, 0) is 36.8 Å². The van der Waals surface area contributed by atoms with Crippen LogP contribution in [-0.4, -0.2) is 21.0 Å². The lowest BCUT2D eigenvalue weighted by atomic mass is 10.2. The third-order valence-electron chi connectivity index (χ3n) is 4.32. The van der Waals surface area contributed by atoms with E-state index in [1.54, 1.807) is 48.8 Å². The molecule has 162 valence electrons.